The van der Waals surface area contributed by atoms with Crippen LogP contribution in [0.5, 0.6) is 5.88 Å². The summed E-state index contributed by atoms with van der Waals surface area (Å²) >= 11 is 0. The number of hydrogen-bond donors (Lipinski definition) is 2. The molecule has 0 amide bonds. The summed E-state index contributed by atoms with van der Waals surface area (Å²) in [7, 11) is 6.44. The molecular formula is C37H49FN8O. The maximum atomic E-state index is 17.1. The minimum atomic E-state index is -0.225. The first-order valence-electron chi connectivity index (χ1n) is 17.0. The van der Waals surface area contributed by atoms with Gasteiger partial charge in [-0.15, -0.1) is 0 Å². The first-order valence-corrected chi connectivity index (χ1v) is 17.0. The number of nitrogens with zero attached hydrogens (tertiary/aromatic N) is 7. The molecule has 0 atom stereocenters. The molecule has 250 valence electrons. The Morgan fingerprint density at radius 2 is 1.68 bits per heavy atom. The summed E-state index contributed by atoms with van der Waals surface area (Å²) in [5.74, 6) is 1.34. The van der Waals surface area contributed by atoms with Crippen LogP contribution >= 0.6 is 0 Å². The first kappa shape index (κ1) is 32.9. The third kappa shape index (κ3) is 6.85. The van der Waals surface area contributed by atoms with Gasteiger partial charge >= 0.3 is 0 Å². The molecule has 6 rings (SSSR count). The van der Waals surface area contributed by atoms with Gasteiger partial charge in [-0.3, -0.25) is 0 Å². The minimum absolute atomic E-state index is 0.0136. The molecule has 47 heavy (non-hydrogen) atoms. The number of benzene rings is 1. The number of aryl methyl sites for hydroxylation is 2. The van der Waals surface area contributed by atoms with E-state index < -0.39 is 0 Å². The molecule has 1 aliphatic heterocycles. The molecule has 9 nitrogen and oxygen atoms in total. The normalized spacial score (nSPS) is 19.0. The van der Waals surface area contributed by atoms with Gasteiger partial charge in [0, 0.05) is 96.9 Å². The van der Waals surface area contributed by atoms with E-state index in [4.69, 9.17) is 9.97 Å². The van der Waals surface area contributed by atoms with Crippen molar-refractivity contribution in [3.8, 4) is 17.0 Å². The fourth-order valence-electron chi connectivity index (χ4n) is 7.40. The summed E-state index contributed by atoms with van der Waals surface area (Å²) in [5.41, 5.74) is 4.31. The molecule has 2 fully saturated rings. The number of fused-ring (bicyclic) bond motifs is 1. The molecule has 0 bridgehead atoms. The van der Waals surface area contributed by atoms with E-state index >= 15 is 4.39 Å². The second-order valence-electron chi connectivity index (χ2n) is 13.5. The highest BCUT2D eigenvalue weighted by atomic mass is 19.1. The van der Waals surface area contributed by atoms with Gasteiger partial charge in [-0.25, -0.2) is 19.3 Å². The van der Waals surface area contributed by atoms with E-state index in [0.29, 0.717) is 41.8 Å². The maximum Gasteiger partial charge on any atom is 0.216 e. The SMILES string of the molecule is CCN(c1c(F)c(-c2ccc(N3CCN(C)CC3)nc2)cc2c(NCc3c(C)cc(C)nc3O)nccc12)[C@H]1CC[C@@H](N(C)C)CC1. The molecule has 4 aromatic rings. The van der Waals surface area contributed by atoms with Crippen LogP contribution in [0, 0.1) is 19.7 Å². The number of aromatic nitrogens is 3. The second kappa shape index (κ2) is 14.0. The molecule has 0 unspecified atom stereocenters. The van der Waals surface area contributed by atoms with E-state index in [1.807, 2.05) is 50.4 Å². The van der Waals surface area contributed by atoms with Crippen molar-refractivity contribution in [2.24, 2.45) is 0 Å². The molecule has 1 saturated carbocycles. The van der Waals surface area contributed by atoms with Crippen molar-refractivity contribution >= 4 is 28.1 Å². The van der Waals surface area contributed by atoms with Crippen molar-refractivity contribution in [3.63, 3.8) is 0 Å². The molecular weight excluding hydrogens is 591 g/mol. The predicted octanol–water partition coefficient (Wildman–Crippen LogP) is 6.22. The molecule has 4 heterocycles. The van der Waals surface area contributed by atoms with Crippen LogP contribution in [0.2, 0.25) is 0 Å². The van der Waals surface area contributed by atoms with Gasteiger partial charge in [-0.05, 0) is 103 Å². The zero-order chi connectivity index (χ0) is 33.2. The number of halogens is 1. The van der Waals surface area contributed by atoms with Crippen LogP contribution in [0.1, 0.15) is 49.4 Å². The van der Waals surface area contributed by atoms with E-state index in [1.54, 1.807) is 6.20 Å². The highest BCUT2D eigenvalue weighted by Gasteiger charge is 2.30. The lowest BCUT2D eigenvalue weighted by molar-refractivity contribution is 0.214. The number of hydrogen-bond acceptors (Lipinski definition) is 9. The molecule has 2 N–H and O–H groups in total. The van der Waals surface area contributed by atoms with E-state index in [9.17, 15) is 5.11 Å². The molecule has 10 heteroatoms. The Morgan fingerprint density at radius 1 is 0.957 bits per heavy atom. The predicted molar refractivity (Wildman–Crippen MR) is 190 cm³/mol. The van der Waals surface area contributed by atoms with Crippen molar-refractivity contribution in [1.29, 1.82) is 0 Å². The Hall–Kier alpha value is -4.02. The molecule has 1 saturated heterocycles. The monoisotopic (exact) mass is 640 g/mol. The van der Waals surface area contributed by atoms with Crippen molar-refractivity contribution in [2.75, 3.05) is 69.0 Å². The first-order chi connectivity index (χ1) is 22.6. The van der Waals surface area contributed by atoms with Crippen molar-refractivity contribution < 1.29 is 9.50 Å². The number of pyridine rings is 3. The molecule has 3 aromatic heterocycles. The Morgan fingerprint density at radius 3 is 2.32 bits per heavy atom. The van der Waals surface area contributed by atoms with Gasteiger partial charge in [-0.1, -0.05) is 0 Å². The quantitative estimate of drug-likeness (QED) is 0.222. The van der Waals surface area contributed by atoms with E-state index in [1.165, 1.54) is 0 Å². The number of anilines is 3. The summed E-state index contributed by atoms with van der Waals surface area (Å²) < 4.78 is 17.1. The number of aromatic hydroxyl groups is 1. The second-order valence-corrected chi connectivity index (χ2v) is 13.5. The van der Waals surface area contributed by atoms with Crippen molar-refractivity contribution in [3.05, 3.63) is 65.4 Å². The lowest BCUT2D eigenvalue weighted by Gasteiger charge is -2.40. The smallest absolute Gasteiger partial charge is 0.216 e. The lowest BCUT2D eigenvalue weighted by atomic mass is 9.88. The summed E-state index contributed by atoms with van der Waals surface area (Å²) in [4.78, 5) is 23.0. The number of nitrogens with one attached hydrogen (secondary N) is 1. The Bertz CT molecular complexity index is 1670. The molecule has 1 aliphatic carbocycles. The Labute approximate surface area is 278 Å². The number of piperazine rings is 1. The Kier molecular flexibility index (Phi) is 9.80. The van der Waals surface area contributed by atoms with Gasteiger partial charge in [0.2, 0.25) is 5.88 Å². The van der Waals surface area contributed by atoms with Gasteiger partial charge in [0.05, 0.1) is 5.69 Å². The van der Waals surface area contributed by atoms with Crippen LogP contribution in [0.3, 0.4) is 0 Å². The summed E-state index contributed by atoms with van der Waals surface area (Å²) in [6, 6.07) is 10.6. The van der Waals surface area contributed by atoms with Crippen molar-refractivity contribution in [2.45, 2.75) is 65.1 Å². The van der Waals surface area contributed by atoms with Crippen LogP contribution < -0.4 is 15.1 Å². The fraction of sp³-hybridized carbons (Fsp3) is 0.486. The van der Waals surface area contributed by atoms with Crippen LogP contribution in [-0.2, 0) is 6.54 Å². The van der Waals surface area contributed by atoms with Crippen molar-refractivity contribution in [1.82, 2.24) is 24.8 Å². The maximum absolute atomic E-state index is 17.1. The molecule has 1 aromatic carbocycles. The average molecular weight is 641 g/mol. The molecule has 0 spiro atoms. The number of likely N-dealkylation sites (N-methyl/N-ethyl adjacent to an activating group) is 1. The third-order valence-electron chi connectivity index (χ3n) is 10.2. The third-order valence-corrected chi connectivity index (χ3v) is 10.2. The molecule has 2 aliphatic rings. The fourth-order valence-corrected chi connectivity index (χ4v) is 7.40. The Balaban J connectivity index is 1.42. The number of rotatable bonds is 9. The zero-order valence-corrected chi connectivity index (χ0v) is 28.7. The van der Waals surface area contributed by atoms with Crippen LogP contribution in [0.25, 0.3) is 21.9 Å². The minimum Gasteiger partial charge on any atom is -0.493 e. The van der Waals surface area contributed by atoms with E-state index in [0.717, 1.165) is 85.3 Å². The topological polar surface area (TPSA) is 83.9 Å². The van der Waals surface area contributed by atoms with Crippen LogP contribution in [0.15, 0.2) is 42.7 Å². The van der Waals surface area contributed by atoms with Crippen LogP contribution in [0.4, 0.5) is 21.7 Å². The van der Waals surface area contributed by atoms with Gasteiger partial charge in [0.1, 0.15) is 11.6 Å². The van der Waals surface area contributed by atoms with Gasteiger partial charge in [0.15, 0.2) is 5.82 Å². The highest BCUT2D eigenvalue weighted by Crippen LogP contribution is 2.42. The van der Waals surface area contributed by atoms with Gasteiger partial charge in [0.25, 0.3) is 0 Å². The standard InChI is InChI=1S/C37H49FN8O/c1-7-46(28-11-9-27(10-12-28)43(4)5)35-29-14-15-39-36(41-23-32-24(2)20-25(3)42-37(32)47)31(29)21-30(34(35)38)26-8-13-33(40-22-26)45-18-16-44(6)17-19-45/h8,13-15,20-22,27-28H,7,9-12,16-19,23H2,1-6H3,(H,39,41)(H,42,47)/t27-,28+. The molecule has 0 radical (unpaired) electrons. The zero-order valence-electron chi connectivity index (χ0n) is 28.7. The van der Waals surface area contributed by atoms with E-state index in [-0.39, 0.29) is 17.7 Å². The van der Waals surface area contributed by atoms with E-state index in [2.05, 4.69) is 58.0 Å². The summed E-state index contributed by atoms with van der Waals surface area (Å²) in [5, 5.41) is 15.7. The summed E-state index contributed by atoms with van der Waals surface area (Å²) in [6.45, 7) is 10.8. The van der Waals surface area contributed by atoms with Gasteiger partial charge < -0.3 is 30.0 Å². The average Bonchev–Trinajstić information content (AvgIpc) is 3.06. The largest absolute Gasteiger partial charge is 0.493 e. The van der Waals surface area contributed by atoms with Crippen LogP contribution in [-0.4, -0.2) is 95.8 Å². The lowest BCUT2D eigenvalue weighted by Crippen LogP contribution is -2.44. The summed E-state index contributed by atoms with van der Waals surface area (Å²) in [6.07, 6.45) is 7.76. The highest BCUT2D eigenvalue weighted by molar-refractivity contribution is 6.03. The van der Waals surface area contributed by atoms with Gasteiger partial charge in [-0.2, -0.15) is 0 Å².